The second-order valence-electron chi connectivity index (χ2n) is 11.1. The molecule has 6 rings (SSSR count). The van der Waals surface area contributed by atoms with Crippen molar-refractivity contribution in [3.8, 4) is 11.3 Å². The van der Waals surface area contributed by atoms with Crippen LogP contribution in [0.5, 0.6) is 0 Å². The maximum Gasteiger partial charge on any atom is 0.290 e. The van der Waals surface area contributed by atoms with Crippen LogP contribution in [0.15, 0.2) is 90.2 Å². The van der Waals surface area contributed by atoms with Gasteiger partial charge in [0, 0.05) is 79.4 Å². The van der Waals surface area contributed by atoms with Gasteiger partial charge in [-0.1, -0.05) is 12.1 Å². The second kappa shape index (κ2) is 14.5. The van der Waals surface area contributed by atoms with Gasteiger partial charge in [0.25, 0.3) is 16.5 Å². The normalized spacial score (nSPS) is 14.0. The van der Waals surface area contributed by atoms with Crippen LogP contribution in [0.1, 0.15) is 5.56 Å². The van der Waals surface area contributed by atoms with Crippen LogP contribution in [0.25, 0.3) is 22.2 Å². The average Bonchev–Trinajstić information content (AvgIpc) is 3.44. The number of fused-ring (bicyclic) bond motifs is 1. The summed E-state index contributed by atoms with van der Waals surface area (Å²) in [6.07, 6.45) is 3.67. The molecule has 1 saturated heterocycles. The Hall–Kier alpha value is -4.85. The minimum Gasteiger partial charge on any atom is -0.483 e. The van der Waals surface area contributed by atoms with Crippen LogP contribution in [0, 0.1) is 12.7 Å². The summed E-state index contributed by atoms with van der Waals surface area (Å²) < 4.78 is 44.4. The van der Waals surface area contributed by atoms with E-state index in [0.717, 1.165) is 55.9 Å². The molecule has 0 atom stereocenters. The highest BCUT2D eigenvalue weighted by Gasteiger charge is 2.19. The maximum atomic E-state index is 14.2. The second-order valence-corrected chi connectivity index (χ2v) is 12.7. The van der Waals surface area contributed by atoms with E-state index in [1.165, 1.54) is 24.0 Å². The van der Waals surface area contributed by atoms with Crippen molar-refractivity contribution in [1.29, 1.82) is 0 Å². The molecule has 0 aliphatic carbocycles. The van der Waals surface area contributed by atoms with Crippen LogP contribution in [-0.4, -0.2) is 84.1 Å². The molecule has 11 nitrogen and oxygen atoms in total. The third-order valence-electron chi connectivity index (χ3n) is 7.77. The molecule has 46 heavy (non-hydrogen) atoms. The summed E-state index contributed by atoms with van der Waals surface area (Å²) in [6.45, 7) is 7.91. The summed E-state index contributed by atoms with van der Waals surface area (Å²) in [5.41, 5.74) is 4.65. The number of nitrogens with zero attached hydrogens (tertiary/aromatic N) is 5. The smallest absolute Gasteiger partial charge is 0.290 e. The predicted octanol–water partition coefficient (Wildman–Crippen LogP) is 5.04. The fourth-order valence-electron chi connectivity index (χ4n) is 5.26. The fraction of sp³-hybridized carbons (Fsp3) is 0.242. The number of benzene rings is 3. The van der Waals surface area contributed by atoms with E-state index < -0.39 is 20.7 Å². The van der Waals surface area contributed by atoms with E-state index in [9.17, 15) is 12.8 Å². The minimum atomic E-state index is -4.06. The number of carboxylic acid groups (broad SMARTS) is 1. The van der Waals surface area contributed by atoms with E-state index in [4.69, 9.17) is 9.90 Å². The van der Waals surface area contributed by atoms with Gasteiger partial charge in [0.2, 0.25) is 0 Å². The summed E-state index contributed by atoms with van der Waals surface area (Å²) in [6, 6.07) is 21.1. The van der Waals surface area contributed by atoms with Gasteiger partial charge in [-0.2, -0.15) is 0 Å². The van der Waals surface area contributed by atoms with E-state index in [0.29, 0.717) is 22.8 Å². The first-order valence-corrected chi connectivity index (χ1v) is 16.2. The van der Waals surface area contributed by atoms with E-state index >= 15 is 0 Å². The van der Waals surface area contributed by atoms with Crippen LogP contribution >= 0.6 is 0 Å². The largest absolute Gasteiger partial charge is 0.483 e. The predicted molar refractivity (Wildman–Crippen MR) is 177 cm³/mol. The zero-order chi connectivity index (χ0) is 32.7. The van der Waals surface area contributed by atoms with Crippen molar-refractivity contribution in [3.05, 3.63) is 96.7 Å². The Morgan fingerprint density at radius 3 is 2.35 bits per heavy atom. The number of anilines is 3. The molecule has 2 aromatic heterocycles. The maximum absolute atomic E-state index is 14.2. The molecule has 1 aliphatic rings. The number of hydrogen-bond donors (Lipinski definition) is 3. The van der Waals surface area contributed by atoms with Crippen molar-refractivity contribution in [2.75, 3.05) is 49.8 Å². The lowest BCUT2D eigenvalue weighted by molar-refractivity contribution is -0.122. The molecule has 3 heterocycles. The molecule has 0 radical (unpaired) electrons. The van der Waals surface area contributed by atoms with Gasteiger partial charge >= 0.3 is 0 Å². The zero-order valence-electron chi connectivity index (χ0n) is 25.6. The summed E-state index contributed by atoms with van der Waals surface area (Å²) in [4.78, 5) is 21.7. The Kier molecular flexibility index (Phi) is 10.3. The Balaban J connectivity index is 0.00000134. The van der Waals surface area contributed by atoms with Gasteiger partial charge in [-0.05, 0) is 74.1 Å². The monoisotopic (exact) mass is 645 g/mol. The Morgan fingerprint density at radius 1 is 0.913 bits per heavy atom. The fourth-order valence-corrected chi connectivity index (χ4v) is 6.38. The van der Waals surface area contributed by atoms with Gasteiger partial charge in [-0.3, -0.25) is 14.4 Å². The first kappa shape index (κ1) is 32.5. The number of piperazine rings is 1. The number of rotatable bonds is 9. The average molecular weight is 646 g/mol. The van der Waals surface area contributed by atoms with Gasteiger partial charge in [-0.15, -0.1) is 0 Å². The molecule has 0 unspecified atom stereocenters. The van der Waals surface area contributed by atoms with Crippen LogP contribution in [0.3, 0.4) is 0 Å². The number of nitrogens with one attached hydrogen (secondary N) is 2. The highest BCUT2D eigenvalue weighted by Crippen LogP contribution is 2.27. The lowest BCUT2D eigenvalue weighted by Gasteiger charge is -2.32. The first-order valence-electron chi connectivity index (χ1n) is 14.7. The molecule has 13 heteroatoms. The topological polar surface area (TPSA) is 133 Å². The SMILES string of the molecule is Cc1ccc(S(=O)(=O)Nc2ccc(Nc3cc(-c4ccc5c(ccn5CCN5CCN(C)CC5)c4)ncn3)cc2)c(F)c1.O=CO. The number of hydrogen-bond acceptors (Lipinski definition) is 8. The molecule has 1 fully saturated rings. The van der Waals surface area contributed by atoms with Crippen molar-refractivity contribution in [2.24, 2.45) is 0 Å². The summed E-state index contributed by atoms with van der Waals surface area (Å²) >= 11 is 0. The van der Waals surface area contributed by atoms with Crippen LogP contribution in [-0.2, 0) is 21.4 Å². The number of likely N-dealkylation sites (N-methyl/N-ethyl adjacent to an activating group) is 1. The highest BCUT2D eigenvalue weighted by atomic mass is 32.2. The number of aromatic nitrogens is 3. The van der Waals surface area contributed by atoms with Gasteiger partial charge < -0.3 is 19.9 Å². The lowest BCUT2D eigenvalue weighted by Crippen LogP contribution is -2.45. The van der Waals surface area contributed by atoms with Crippen molar-refractivity contribution >= 4 is 44.6 Å². The Morgan fingerprint density at radius 2 is 1.63 bits per heavy atom. The van der Waals surface area contributed by atoms with Gasteiger partial charge in [0.15, 0.2) is 0 Å². The Labute approximate surface area is 267 Å². The van der Waals surface area contributed by atoms with E-state index in [1.54, 1.807) is 37.3 Å². The molecule has 3 aromatic carbocycles. The molecule has 0 spiro atoms. The molecule has 1 aliphatic heterocycles. The molecular weight excluding hydrogens is 609 g/mol. The molecule has 0 amide bonds. The first-order chi connectivity index (χ1) is 22.1. The van der Waals surface area contributed by atoms with Crippen molar-refractivity contribution in [1.82, 2.24) is 24.3 Å². The third-order valence-corrected chi connectivity index (χ3v) is 9.19. The minimum absolute atomic E-state index is 0.250. The summed E-state index contributed by atoms with van der Waals surface area (Å²) in [5, 5.41) is 11.3. The zero-order valence-corrected chi connectivity index (χ0v) is 26.4. The molecule has 240 valence electrons. The molecule has 3 N–H and O–H groups in total. The molecule has 5 aromatic rings. The highest BCUT2D eigenvalue weighted by molar-refractivity contribution is 7.92. The van der Waals surface area contributed by atoms with Crippen LogP contribution in [0.4, 0.5) is 21.6 Å². The van der Waals surface area contributed by atoms with Crippen molar-refractivity contribution < 1.29 is 22.7 Å². The number of aryl methyl sites for hydroxylation is 1. The van der Waals surface area contributed by atoms with Gasteiger partial charge in [0.1, 0.15) is 22.9 Å². The van der Waals surface area contributed by atoms with Crippen molar-refractivity contribution in [3.63, 3.8) is 0 Å². The molecule has 0 saturated carbocycles. The van der Waals surface area contributed by atoms with Crippen LogP contribution in [0.2, 0.25) is 0 Å². The van der Waals surface area contributed by atoms with Gasteiger partial charge in [0.05, 0.1) is 5.69 Å². The lowest BCUT2D eigenvalue weighted by atomic mass is 10.1. The van der Waals surface area contributed by atoms with E-state index in [1.807, 2.05) is 6.07 Å². The van der Waals surface area contributed by atoms with E-state index in [2.05, 4.69) is 71.9 Å². The number of halogens is 1. The molecular formula is C33H36FN7O4S. The number of carbonyl (C=O) groups is 1. The standard InChI is InChI=1S/C32H34FN7O2S.CH2O2/c1-23-3-10-31(28(33)19-23)43(41,42)37-27-7-5-26(6-8-27)36-32-21-29(34-22-35-32)24-4-9-30-25(20-24)11-12-40(30)18-17-39-15-13-38(2)14-16-39;2-1-3/h3-12,19-22,37H,13-18H2,1-2H3,(H,34,35,36);1H,(H,2,3). The van der Waals surface area contributed by atoms with Gasteiger partial charge in [-0.25, -0.2) is 22.8 Å². The Bertz CT molecular complexity index is 1910. The third kappa shape index (κ3) is 8.05. The quantitative estimate of drug-likeness (QED) is 0.189. The summed E-state index contributed by atoms with van der Waals surface area (Å²) in [5.74, 6) is -0.187. The van der Waals surface area contributed by atoms with E-state index in [-0.39, 0.29) is 6.47 Å². The van der Waals surface area contributed by atoms with Crippen LogP contribution < -0.4 is 10.0 Å². The molecule has 0 bridgehead atoms. The van der Waals surface area contributed by atoms with Crippen molar-refractivity contribution in [2.45, 2.75) is 18.4 Å². The number of sulfonamides is 1. The summed E-state index contributed by atoms with van der Waals surface area (Å²) in [7, 11) is -1.89.